The van der Waals surface area contributed by atoms with Gasteiger partial charge in [-0.05, 0) is 80.6 Å². The minimum atomic E-state index is -0.627. The first-order valence-corrected chi connectivity index (χ1v) is 11.9. The van der Waals surface area contributed by atoms with E-state index >= 15 is 0 Å². The van der Waals surface area contributed by atoms with Crippen LogP contribution in [-0.2, 0) is 14.9 Å². The largest absolute Gasteiger partial charge is 0.456 e. The molecule has 0 saturated carbocycles. The first kappa shape index (κ1) is 26.0. The maximum Gasteiger partial charge on any atom is 0.338 e. The Morgan fingerprint density at radius 2 is 1.29 bits per heavy atom. The number of anilines is 2. The van der Waals surface area contributed by atoms with Gasteiger partial charge in [-0.1, -0.05) is 62.7 Å². The summed E-state index contributed by atoms with van der Waals surface area (Å²) in [5.41, 5.74) is 4.54. The zero-order chi connectivity index (χ0) is 25.8. The number of carbonyl (C=O) groups excluding carboxylic acids is 2. The molecule has 35 heavy (non-hydrogen) atoms. The topological polar surface area (TPSA) is 67.4 Å². The fraction of sp³-hybridized carbons (Fsp3) is 0.333. The number of carbonyl (C=O) groups is 2. The zero-order valence-electron chi connectivity index (χ0n) is 21.7. The third-order valence-corrected chi connectivity index (χ3v) is 5.52. The Bertz CT molecular complexity index is 1150. The van der Waals surface area contributed by atoms with Gasteiger partial charge in [0, 0.05) is 11.4 Å². The van der Waals surface area contributed by atoms with Gasteiger partial charge in [0.05, 0.1) is 5.56 Å². The molecule has 5 nitrogen and oxygen atoms in total. The highest BCUT2D eigenvalue weighted by atomic mass is 16.6. The monoisotopic (exact) mass is 472 g/mol. The lowest BCUT2D eigenvalue weighted by molar-refractivity contribution is -0.117. The van der Waals surface area contributed by atoms with E-state index in [1.807, 2.05) is 64.1 Å². The lowest BCUT2D eigenvalue weighted by Gasteiger charge is -2.23. The van der Waals surface area contributed by atoms with E-state index in [-0.39, 0.29) is 17.3 Å². The fourth-order valence-electron chi connectivity index (χ4n) is 3.53. The van der Waals surface area contributed by atoms with Gasteiger partial charge in [0.25, 0.3) is 5.91 Å². The number of ether oxygens (including phenoxy) is 1. The fourth-order valence-corrected chi connectivity index (χ4v) is 3.53. The highest BCUT2D eigenvalue weighted by Gasteiger charge is 2.23. The highest BCUT2D eigenvalue weighted by molar-refractivity contribution is 5.97. The Balaban J connectivity index is 1.85. The van der Waals surface area contributed by atoms with Crippen molar-refractivity contribution in [1.29, 1.82) is 0 Å². The lowest BCUT2D eigenvalue weighted by Crippen LogP contribution is -2.27. The van der Waals surface area contributed by atoms with Crippen LogP contribution < -0.4 is 10.6 Å². The van der Waals surface area contributed by atoms with E-state index in [0.717, 1.165) is 22.5 Å². The van der Waals surface area contributed by atoms with Gasteiger partial charge in [0.2, 0.25) is 0 Å². The van der Waals surface area contributed by atoms with E-state index in [0.29, 0.717) is 5.56 Å². The molecule has 0 aliphatic heterocycles. The summed E-state index contributed by atoms with van der Waals surface area (Å²) in [6.07, 6.45) is 0. The van der Waals surface area contributed by atoms with Gasteiger partial charge < -0.3 is 15.4 Å². The van der Waals surface area contributed by atoms with Gasteiger partial charge in [-0.2, -0.15) is 0 Å². The number of hydrogen-bond acceptors (Lipinski definition) is 4. The van der Waals surface area contributed by atoms with Crippen molar-refractivity contribution in [3.05, 3.63) is 95.1 Å². The molecule has 0 bridgehead atoms. The summed E-state index contributed by atoms with van der Waals surface area (Å²) in [7, 11) is 0. The SMILES string of the molecule is Cc1ccc(NC(=O)C(Nc2ccc(C(=O)OC(C)(C)C)cc2)c2ccc(C(C)(C)C)cc2)cc1. The smallest absolute Gasteiger partial charge is 0.338 e. The normalized spacial score (nSPS) is 12.5. The molecule has 0 saturated heterocycles. The van der Waals surface area contributed by atoms with Crippen LogP contribution in [0, 0.1) is 6.92 Å². The molecule has 0 aromatic heterocycles. The van der Waals surface area contributed by atoms with Gasteiger partial charge in [-0.3, -0.25) is 4.79 Å². The summed E-state index contributed by atoms with van der Waals surface area (Å²) in [6.45, 7) is 14.0. The number of nitrogens with one attached hydrogen (secondary N) is 2. The molecule has 5 heteroatoms. The summed E-state index contributed by atoms with van der Waals surface area (Å²) in [6, 6.07) is 22.2. The maximum absolute atomic E-state index is 13.4. The van der Waals surface area contributed by atoms with Crippen LogP contribution in [-0.4, -0.2) is 17.5 Å². The van der Waals surface area contributed by atoms with Crippen LogP contribution in [0.4, 0.5) is 11.4 Å². The van der Waals surface area contributed by atoms with Gasteiger partial charge in [-0.15, -0.1) is 0 Å². The van der Waals surface area contributed by atoms with E-state index < -0.39 is 11.6 Å². The maximum atomic E-state index is 13.4. The molecule has 3 aromatic rings. The molecule has 0 spiro atoms. The molecule has 1 unspecified atom stereocenters. The van der Waals surface area contributed by atoms with E-state index in [1.54, 1.807) is 24.3 Å². The standard InChI is InChI=1S/C30H36N2O3/c1-20-8-16-25(17-9-20)32-27(33)26(21-10-14-23(15-11-21)29(2,3)4)31-24-18-12-22(13-19-24)28(34)35-30(5,6)7/h8-19,26,31H,1-7H3,(H,32,33). The predicted octanol–water partition coefficient (Wildman–Crippen LogP) is 7.04. The first-order chi connectivity index (χ1) is 16.3. The van der Waals surface area contributed by atoms with E-state index in [2.05, 4.69) is 43.5 Å². The lowest BCUT2D eigenvalue weighted by atomic mass is 9.86. The van der Waals surface area contributed by atoms with Crippen LogP contribution in [0.5, 0.6) is 0 Å². The summed E-state index contributed by atoms with van der Waals surface area (Å²) in [4.78, 5) is 25.7. The summed E-state index contributed by atoms with van der Waals surface area (Å²) in [5.74, 6) is -0.552. The molecule has 0 heterocycles. The molecule has 1 amide bonds. The molecule has 0 aliphatic rings. The third kappa shape index (κ3) is 7.44. The Morgan fingerprint density at radius 1 is 0.743 bits per heavy atom. The summed E-state index contributed by atoms with van der Waals surface area (Å²) < 4.78 is 5.44. The average molecular weight is 473 g/mol. The van der Waals surface area contributed by atoms with Gasteiger partial charge in [0.1, 0.15) is 11.6 Å². The molecule has 0 fully saturated rings. The summed E-state index contributed by atoms with van der Waals surface area (Å²) >= 11 is 0. The van der Waals surface area contributed by atoms with Crippen molar-refractivity contribution < 1.29 is 14.3 Å². The molecule has 184 valence electrons. The van der Waals surface area contributed by atoms with E-state index in [4.69, 9.17) is 4.74 Å². The number of benzene rings is 3. The van der Waals surface area contributed by atoms with Crippen molar-refractivity contribution in [2.24, 2.45) is 0 Å². The van der Waals surface area contributed by atoms with Crippen LogP contribution in [0.2, 0.25) is 0 Å². The number of aryl methyl sites for hydroxylation is 1. The number of esters is 1. The molecule has 0 aliphatic carbocycles. The highest BCUT2D eigenvalue weighted by Crippen LogP contribution is 2.27. The molecular formula is C30H36N2O3. The predicted molar refractivity (Wildman–Crippen MR) is 143 cm³/mol. The van der Waals surface area contributed by atoms with Crippen LogP contribution in [0.1, 0.15) is 74.6 Å². The first-order valence-electron chi connectivity index (χ1n) is 11.9. The number of hydrogen-bond donors (Lipinski definition) is 2. The zero-order valence-corrected chi connectivity index (χ0v) is 21.7. The molecular weight excluding hydrogens is 436 g/mol. The second-order valence-corrected chi connectivity index (χ2v) is 10.9. The van der Waals surface area contributed by atoms with Gasteiger partial charge >= 0.3 is 5.97 Å². The van der Waals surface area contributed by atoms with Gasteiger partial charge in [-0.25, -0.2) is 4.79 Å². The summed E-state index contributed by atoms with van der Waals surface area (Å²) in [5, 5.41) is 6.35. The Kier molecular flexibility index (Phi) is 7.69. The number of amides is 1. The molecule has 3 rings (SSSR count). The van der Waals surface area contributed by atoms with Crippen LogP contribution in [0.25, 0.3) is 0 Å². The minimum Gasteiger partial charge on any atom is -0.456 e. The second-order valence-electron chi connectivity index (χ2n) is 10.9. The van der Waals surface area contributed by atoms with Crippen molar-refractivity contribution in [1.82, 2.24) is 0 Å². The number of rotatable bonds is 6. The molecule has 3 aromatic carbocycles. The molecule has 0 radical (unpaired) electrons. The second kappa shape index (κ2) is 10.3. The van der Waals surface area contributed by atoms with Crippen LogP contribution >= 0.6 is 0 Å². The van der Waals surface area contributed by atoms with Crippen LogP contribution in [0.15, 0.2) is 72.8 Å². The minimum absolute atomic E-state index is 0.0170. The average Bonchev–Trinajstić information content (AvgIpc) is 2.77. The van der Waals surface area contributed by atoms with Crippen molar-refractivity contribution in [2.45, 2.75) is 65.5 Å². The van der Waals surface area contributed by atoms with Gasteiger partial charge in [0.15, 0.2) is 0 Å². The molecule has 1 atom stereocenters. The molecule has 2 N–H and O–H groups in total. The van der Waals surface area contributed by atoms with Crippen LogP contribution in [0.3, 0.4) is 0 Å². The third-order valence-electron chi connectivity index (χ3n) is 5.52. The Hall–Kier alpha value is -3.60. The Labute approximate surface area is 208 Å². The quantitative estimate of drug-likeness (QED) is 0.378. The van der Waals surface area contributed by atoms with E-state index in [9.17, 15) is 9.59 Å². The van der Waals surface area contributed by atoms with Crippen molar-refractivity contribution in [3.8, 4) is 0 Å². The van der Waals surface area contributed by atoms with Crippen molar-refractivity contribution in [3.63, 3.8) is 0 Å². The van der Waals surface area contributed by atoms with Crippen molar-refractivity contribution >= 4 is 23.3 Å². The Morgan fingerprint density at radius 3 is 1.80 bits per heavy atom. The van der Waals surface area contributed by atoms with Crippen molar-refractivity contribution in [2.75, 3.05) is 10.6 Å². The van der Waals surface area contributed by atoms with E-state index in [1.165, 1.54) is 5.56 Å².